The molecule has 2 atom stereocenters. The van der Waals surface area contributed by atoms with E-state index in [9.17, 15) is 14.7 Å². The molecule has 1 aliphatic rings. The highest BCUT2D eigenvalue weighted by Crippen LogP contribution is 2.30. The van der Waals surface area contributed by atoms with Crippen LogP contribution in [0.4, 0.5) is 11.5 Å². The third-order valence-corrected chi connectivity index (χ3v) is 5.80. The molecule has 0 spiro atoms. The van der Waals surface area contributed by atoms with Crippen LogP contribution in [-0.2, 0) is 0 Å². The largest absolute Gasteiger partial charge is 0.478 e. The fourth-order valence-corrected chi connectivity index (χ4v) is 4.50. The summed E-state index contributed by atoms with van der Waals surface area (Å²) < 4.78 is 0. The average Bonchev–Trinajstić information content (AvgIpc) is 2.72. The van der Waals surface area contributed by atoms with Gasteiger partial charge in [-0.2, -0.15) is 0 Å². The molecular weight excluding hydrogens is 414 g/mol. The smallest absolute Gasteiger partial charge is 0.336 e. The van der Waals surface area contributed by atoms with Crippen molar-refractivity contribution in [1.29, 1.82) is 0 Å². The van der Waals surface area contributed by atoms with Crippen LogP contribution in [0, 0.1) is 11.8 Å². The van der Waals surface area contributed by atoms with Gasteiger partial charge in [-0.1, -0.05) is 31.5 Å². The second-order valence-corrected chi connectivity index (χ2v) is 8.82. The Bertz CT molecular complexity index is 1150. The minimum absolute atomic E-state index is 0.171. The van der Waals surface area contributed by atoms with Crippen LogP contribution in [-0.4, -0.2) is 35.1 Å². The van der Waals surface area contributed by atoms with Crippen LogP contribution < -0.4 is 10.2 Å². The molecule has 7 heteroatoms. The van der Waals surface area contributed by atoms with E-state index in [2.05, 4.69) is 24.1 Å². The van der Waals surface area contributed by atoms with Gasteiger partial charge in [-0.25, -0.2) is 9.78 Å². The van der Waals surface area contributed by atoms with Gasteiger partial charge in [-0.3, -0.25) is 4.79 Å². The van der Waals surface area contributed by atoms with E-state index >= 15 is 0 Å². The minimum atomic E-state index is -1.02. The van der Waals surface area contributed by atoms with E-state index in [1.54, 1.807) is 48.5 Å². The first-order valence-electron chi connectivity index (χ1n) is 10.3. The molecule has 6 nitrogen and oxygen atoms in total. The van der Waals surface area contributed by atoms with Crippen LogP contribution in [0.1, 0.15) is 41.0 Å². The van der Waals surface area contributed by atoms with E-state index in [1.807, 2.05) is 0 Å². The highest BCUT2D eigenvalue weighted by atomic mass is 35.5. The second kappa shape index (κ2) is 8.55. The van der Waals surface area contributed by atoms with Crippen LogP contribution in [0.3, 0.4) is 0 Å². The van der Waals surface area contributed by atoms with Gasteiger partial charge in [0.25, 0.3) is 5.91 Å². The summed E-state index contributed by atoms with van der Waals surface area (Å²) in [6, 6.07) is 13.4. The third kappa shape index (κ3) is 4.64. The predicted molar refractivity (Wildman–Crippen MR) is 123 cm³/mol. The summed E-state index contributed by atoms with van der Waals surface area (Å²) in [6.45, 7) is 6.12. The Balaban J connectivity index is 1.68. The Kier molecular flexibility index (Phi) is 5.83. The van der Waals surface area contributed by atoms with Crippen molar-refractivity contribution in [2.24, 2.45) is 11.8 Å². The highest BCUT2D eigenvalue weighted by molar-refractivity contribution is 6.31. The molecule has 1 saturated heterocycles. The molecule has 160 valence electrons. The van der Waals surface area contributed by atoms with Crippen molar-refractivity contribution in [2.75, 3.05) is 23.3 Å². The quantitative estimate of drug-likeness (QED) is 0.577. The molecular formula is C24H24ClN3O3. The number of carbonyl (C=O) groups excluding carboxylic acids is 1. The number of nitrogens with zero attached hydrogens (tertiary/aromatic N) is 2. The number of amides is 1. The number of carboxylic acid groups (broad SMARTS) is 1. The summed E-state index contributed by atoms with van der Waals surface area (Å²) >= 11 is 5.96. The molecule has 4 rings (SSSR count). The molecule has 31 heavy (non-hydrogen) atoms. The number of halogens is 1. The van der Waals surface area contributed by atoms with Crippen LogP contribution in [0.15, 0.2) is 48.5 Å². The van der Waals surface area contributed by atoms with E-state index in [0.29, 0.717) is 44.8 Å². The van der Waals surface area contributed by atoms with E-state index in [4.69, 9.17) is 16.6 Å². The molecule has 0 aliphatic carbocycles. The first-order chi connectivity index (χ1) is 14.8. The fraction of sp³-hybridized carbons (Fsp3) is 0.292. The van der Waals surface area contributed by atoms with Crippen LogP contribution in [0.25, 0.3) is 10.9 Å². The number of hydrogen-bond acceptors (Lipinski definition) is 4. The molecule has 1 fully saturated rings. The van der Waals surface area contributed by atoms with Crippen molar-refractivity contribution in [3.63, 3.8) is 0 Å². The lowest BCUT2D eigenvalue weighted by Crippen LogP contribution is -2.39. The molecule has 2 heterocycles. The molecule has 0 saturated carbocycles. The number of carboxylic acids is 1. The monoisotopic (exact) mass is 437 g/mol. The van der Waals surface area contributed by atoms with Crippen molar-refractivity contribution >= 4 is 45.9 Å². The Hall–Kier alpha value is -3.12. The summed E-state index contributed by atoms with van der Waals surface area (Å²) in [5.41, 5.74) is 1.67. The number of aromatic nitrogens is 1. The Labute approximate surface area is 185 Å². The van der Waals surface area contributed by atoms with Crippen LogP contribution in [0.5, 0.6) is 0 Å². The normalized spacial score (nSPS) is 18.7. The van der Waals surface area contributed by atoms with Gasteiger partial charge in [0, 0.05) is 34.7 Å². The van der Waals surface area contributed by atoms with Gasteiger partial charge < -0.3 is 15.3 Å². The summed E-state index contributed by atoms with van der Waals surface area (Å²) in [7, 11) is 0. The number of rotatable bonds is 4. The maximum absolute atomic E-state index is 12.5. The summed E-state index contributed by atoms with van der Waals surface area (Å²) in [4.78, 5) is 31.5. The molecule has 1 aromatic heterocycles. The maximum Gasteiger partial charge on any atom is 0.336 e. The Morgan fingerprint density at radius 1 is 1.10 bits per heavy atom. The van der Waals surface area contributed by atoms with Crippen molar-refractivity contribution in [1.82, 2.24) is 4.98 Å². The lowest BCUT2D eigenvalue weighted by molar-refractivity contribution is 0.0698. The number of carbonyl (C=O) groups is 2. The Morgan fingerprint density at radius 3 is 2.52 bits per heavy atom. The number of piperidine rings is 1. The number of benzene rings is 2. The van der Waals surface area contributed by atoms with Crippen molar-refractivity contribution in [2.45, 2.75) is 20.3 Å². The van der Waals surface area contributed by atoms with Gasteiger partial charge in [-0.15, -0.1) is 0 Å². The molecule has 3 aromatic rings. The molecule has 2 aromatic carbocycles. The van der Waals surface area contributed by atoms with Gasteiger partial charge in [0.2, 0.25) is 0 Å². The number of anilines is 2. The molecule has 0 unspecified atom stereocenters. The lowest BCUT2D eigenvalue weighted by Gasteiger charge is -2.36. The lowest BCUT2D eigenvalue weighted by atomic mass is 9.92. The first kappa shape index (κ1) is 21.1. The zero-order chi connectivity index (χ0) is 22.1. The molecule has 0 radical (unpaired) electrons. The molecule has 2 N–H and O–H groups in total. The van der Waals surface area contributed by atoms with Gasteiger partial charge in [0.05, 0.1) is 11.1 Å². The first-order valence-corrected chi connectivity index (χ1v) is 10.7. The van der Waals surface area contributed by atoms with Crippen molar-refractivity contribution in [3.05, 3.63) is 64.7 Å². The number of hydrogen-bond donors (Lipinski definition) is 2. The number of aromatic carboxylic acids is 1. The molecule has 1 aliphatic heterocycles. The van der Waals surface area contributed by atoms with Crippen molar-refractivity contribution < 1.29 is 14.7 Å². The Morgan fingerprint density at radius 2 is 1.84 bits per heavy atom. The zero-order valence-corrected chi connectivity index (χ0v) is 18.2. The number of pyridine rings is 1. The predicted octanol–water partition coefficient (Wildman–Crippen LogP) is 5.32. The SMILES string of the molecule is C[C@@H]1C[C@H](C)CN(c2cc(C(=O)O)c3cc(NC(=O)c4cccc(Cl)c4)ccc3n2)C1. The molecule has 0 bridgehead atoms. The number of fused-ring (bicyclic) bond motifs is 1. The average molecular weight is 438 g/mol. The van der Waals surface area contributed by atoms with Gasteiger partial charge in [-0.05, 0) is 60.7 Å². The summed E-state index contributed by atoms with van der Waals surface area (Å²) in [5, 5.41) is 13.6. The summed E-state index contributed by atoms with van der Waals surface area (Å²) in [5.74, 6) is 0.390. The van der Waals surface area contributed by atoms with E-state index < -0.39 is 5.97 Å². The van der Waals surface area contributed by atoms with Crippen LogP contribution >= 0.6 is 11.6 Å². The standard InChI is InChI=1S/C24H24ClN3O3/c1-14-8-15(2)13-28(12-14)22-11-20(24(30)31)19-10-18(6-7-21(19)27-22)26-23(29)16-4-3-5-17(25)9-16/h3-7,9-11,14-15H,8,12-13H2,1-2H3,(H,26,29)(H,30,31)/t14-,15+. The highest BCUT2D eigenvalue weighted by Gasteiger charge is 2.24. The maximum atomic E-state index is 12.5. The van der Waals surface area contributed by atoms with Crippen molar-refractivity contribution in [3.8, 4) is 0 Å². The zero-order valence-electron chi connectivity index (χ0n) is 17.4. The summed E-state index contributed by atoms with van der Waals surface area (Å²) in [6.07, 6.45) is 1.16. The third-order valence-electron chi connectivity index (χ3n) is 5.56. The van der Waals surface area contributed by atoms with Gasteiger partial charge in [0.1, 0.15) is 5.82 Å². The minimum Gasteiger partial charge on any atom is -0.478 e. The van der Waals surface area contributed by atoms with E-state index in [-0.39, 0.29) is 11.5 Å². The van der Waals surface area contributed by atoms with Gasteiger partial charge in [0.15, 0.2) is 0 Å². The van der Waals surface area contributed by atoms with Crippen LogP contribution in [0.2, 0.25) is 5.02 Å². The van der Waals surface area contributed by atoms with E-state index in [1.165, 1.54) is 0 Å². The molecule has 1 amide bonds. The van der Waals surface area contributed by atoms with E-state index in [0.717, 1.165) is 19.5 Å². The second-order valence-electron chi connectivity index (χ2n) is 8.38. The fourth-order valence-electron chi connectivity index (χ4n) is 4.31. The van der Waals surface area contributed by atoms with Gasteiger partial charge >= 0.3 is 5.97 Å². The number of nitrogens with one attached hydrogen (secondary N) is 1. The topological polar surface area (TPSA) is 82.5 Å².